The molecule has 0 aliphatic heterocycles. The van der Waals surface area contributed by atoms with Gasteiger partial charge in [0.05, 0.1) is 5.52 Å². The highest BCUT2D eigenvalue weighted by molar-refractivity contribution is 7.17. The topological polar surface area (TPSA) is 84.0 Å². The second-order valence-electron chi connectivity index (χ2n) is 9.37. The van der Waals surface area contributed by atoms with Crippen molar-refractivity contribution >= 4 is 27.5 Å². The molecule has 2 heterocycles. The molecule has 0 aromatic carbocycles. The molecule has 0 spiro atoms. The maximum absolute atomic E-state index is 12.6. The summed E-state index contributed by atoms with van der Waals surface area (Å²) in [6, 6.07) is 1.88. The van der Waals surface area contributed by atoms with Crippen LogP contribution in [0.4, 0.5) is 0 Å². The molecule has 2 N–H and O–H groups in total. The molecule has 4 fully saturated rings. The molecule has 2 aromatic rings. The van der Waals surface area contributed by atoms with Crippen molar-refractivity contribution in [3.63, 3.8) is 0 Å². The molecule has 4 bridgehead atoms. The van der Waals surface area contributed by atoms with Gasteiger partial charge in [-0.25, -0.2) is 4.79 Å². The number of thiophene rings is 1. The minimum atomic E-state index is -0.446. The van der Waals surface area contributed by atoms with Crippen molar-refractivity contribution in [3.8, 4) is 0 Å². The van der Waals surface area contributed by atoms with Crippen LogP contribution < -0.4 is 16.6 Å². The molecule has 0 radical (unpaired) electrons. The summed E-state index contributed by atoms with van der Waals surface area (Å²) in [7, 11) is 0. The Morgan fingerprint density at radius 1 is 1.25 bits per heavy atom. The van der Waals surface area contributed by atoms with Gasteiger partial charge in [-0.05, 0) is 80.1 Å². The predicted molar refractivity (Wildman–Crippen MR) is 110 cm³/mol. The van der Waals surface area contributed by atoms with Crippen molar-refractivity contribution in [1.82, 2.24) is 14.9 Å². The summed E-state index contributed by atoms with van der Waals surface area (Å²) >= 11 is 1.31. The summed E-state index contributed by atoms with van der Waals surface area (Å²) in [5, 5.41) is 5.00. The number of carbonyl (C=O) groups is 1. The van der Waals surface area contributed by atoms with Crippen molar-refractivity contribution in [2.24, 2.45) is 23.2 Å². The Labute approximate surface area is 167 Å². The first kappa shape index (κ1) is 18.2. The van der Waals surface area contributed by atoms with Crippen LogP contribution in [0.2, 0.25) is 0 Å². The zero-order chi connectivity index (χ0) is 19.5. The standard InChI is InChI=1S/C21H27N3O3S/c1-12(21-9-13-6-14(10-21)8-15(7-13)11-21)22-17(25)2-4-24-19(26)18-16(3-5-28-18)23-20(24)27/h3,5,12-15H,2,4,6-11H2,1H3,(H,22,25)(H,23,27)/t12-,13?,14?,15?,21?/m0/s1. The van der Waals surface area contributed by atoms with Crippen molar-refractivity contribution in [2.45, 2.75) is 64.5 Å². The van der Waals surface area contributed by atoms with E-state index >= 15 is 0 Å². The smallest absolute Gasteiger partial charge is 0.328 e. The zero-order valence-electron chi connectivity index (χ0n) is 16.2. The van der Waals surface area contributed by atoms with E-state index in [1.807, 2.05) is 0 Å². The Hall–Kier alpha value is -1.89. The summed E-state index contributed by atoms with van der Waals surface area (Å²) < 4.78 is 1.68. The Kier molecular flexibility index (Phi) is 4.27. The highest BCUT2D eigenvalue weighted by atomic mass is 32.1. The monoisotopic (exact) mass is 401 g/mol. The van der Waals surface area contributed by atoms with Crippen LogP contribution in [0.3, 0.4) is 0 Å². The number of carbonyl (C=O) groups excluding carboxylic acids is 1. The van der Waals surface area contributed by atoms with E-state index < -0.39 is 5.69 Å². The highest BCUT2D eigenvalue weighted by Crippen LogP contribution is 2.61. The Morgan fingerprint density at radius 3 is 2.54 bits per heavy atom. The number of amides is 1. The van der Waals surface area contributed by atoms with Crippen LogP contribution in [0.25, 0.3) is 10.2 Å². The number of aromatic nitrogens is 2. The molecule has 6 rings (SSSR count). The molecular weight excluding hydrogens is 374 g/mol. The van der Waals surface area contributed by atoms with Gasteiger partial charge in [0.2, 0.25) is 5.91 Å². The van der Waals surface area contributed by atoms with Gasteiger partial charge in [0, 0.05) is 19.0 Å². The summed E-state index contributed by atoms with van der Waals surface area (Å²) in [6.07, 6.45) is 8.04. The van der Waals surface area contributed by atoms with Crippen LogP contribution in [0.1, 0.15) is 51.9 Å². The lowest BCUT2D eigenvalue weighted by Gasteiger charge is -2.59. The number of nitrogens with one attached hydrogen (secondary N) is 2. The maximum atomic E-state index is 12.6. The zero-order valence-corrected chi connectivity index (χ0v) is 17.0. The third kappa shape index (κ3) is 2.95. The first-order chi connectivity index (χ1) is 13.4. The fourth-order valence-corrected chi connectivity index (χ4v) is 7.36. The van der Waals surface area contributed by atoms with E-state index in [1.165, 1.54) is 49.9 Å². The molecule has 4 saturated carbocycles. The van der Waals surface area contributed by atoms with E-state index in [2.05, 4.69) is 17.2 Å². The molecular formula is C21H27N3O3S. The second kappa shape index (κ2) is 6.58. The number of aromatic amines is 1. The van der Waals surface area contributed by atoms with Gasteiger partial charge in [-0.15, -0.1) is 11.3 Å². The van der Waals surface area contributed by atoms with Gasteiger partial charge in [0.1, 0.15) is 4.70 Å². The van der Waals surface area contributed by atoms with Gasteiger partial charge in [-0.2, -0.15) is 0 Å². The predicted octanol–water partition coefficient (Wildman–Crippen LogP) is 2.86. The number of nitrogens with zero attached hydrogens (tertiary/aromatic N) is 1. The summed E-state index contributed by atoms with van der Waals surface area (Å²) in [5.74, 6) is 2.47. The quantitative estimate of drug-likeness (QED) is 0.808. The largest absolute Gasteiger partial charge is 0.353 e. The summed E-state index contributed by atoms with van der Waals surface area (Å²) in [6.45, 7) is 2.27. The average molecular weight is 402 g/mol. The summed E-state index contributed by atoms with van der Waals surface area (Å²) in [5.41, 5.74) is 0.0684. The Morgan fingerprint density at radius 2 is 1.89 bits per heavy atom. The van der Waals surface area contributed by atoms with E-state index in [0.29, 0.717) is 10.2 Å². The average Bonchev–Trinajstić information content (AvgIpc) is 3.08. The molecule has 0 unspecified atom stereocenters. The lowest BCUT2D eigenvalue weighted by atomic mass is 9.48. The maximum Gasteiger partial charge on any atom is 0.328 e. The SMILES string of the molecule is C[C@H](NC(=O)CCn1c(=O)[nH]c2ccsc2c1=O)C12CC3CC(CC(C3)C1)C2. The molecule has 0 saturated heterocycles. The van der Waals surface area contributed by atoms with Crippen molar-refractivity contribution in [3.05, 3.63) is 32.3 Å². The third-order valence-corrected chi connectivity index (χ3v) is 8.44. The van der Waals surface area contributed by atoms with E-state index in [4.69, 9.17) is 0 Å². The number of hydrogen-bond acceptors (Lipinski definition) is 4. The molecule has 4 aliphatic rings. The van der Waals surface area contributed by atoms with Crippen LogP contribution in [-0.4, -0.2) is 21.5 Å². The molecule has 1 amide bonds. The normalized spacial score (nSPS) is 32.0. The van der Waals surface area contributed by atoms with E-state index in [-0.39, 0.29) is 35.9 Å². The van der Waals surface area contributed by atoms with Gasteiger partial charge in [-0.3, -0.25) is 14.2 Å². The Balaban J connectivity index is 1.26. The van der Waals surface area contributed by atoms with Crippen LogP contribution >= 0.6 is 11.3 Å². The molecule has 28 heavy (non-hydrogen) atoms. The van der Waals surface area contributed by atoms with E-state index in [9.17, 15) is 14.4 Å². The fraction of sp³-hybridized carbons (Fsp3) is 0.667. The summed E-state index contributed by atoms with van der Waals surface area (Å²) in [4.78, 5) is 40.0. The minimum Gasteiger partial charge on any atom is -0.353 e. The van der Waals surface area contributed by atoms with E-state index in [1.54, 1.807) is 11.4 Å². The first-order valence-corrected chi connectivity index (χ1v) is 11.3. The van der Waals surface area contributed by atoms with Crippen LogP contribution in [0.5, 0.6) is 0 Å². The van der Waals surface area contributed by atoms with Crippen molar-refractivity contribution in [1.29, 1.82) is 0 Å². The molecule has 7 heteroatoms. The highest BCUT2D eigenvalue weighted by Gasteiger charge is 2.53. The van der Waals surface area contributed by atoms with E-state index in [0.717, 1.165) is 22.3 Å². The van der Waals surface area contributed by atoms with Crippen LogP contribution in [0, 0.1) is 23.2 Å². The molecule has 150 valence electrons. The number of H-pyrrole nitrogens is 1. The second-order valence-corrected chi connectivity index (χ2v) is 10.3. The van der Waals surface area contributed by atoms with Crippen LogP contribution in [0.15, 0.2) is 21.0 Å². The van der Waals surface area contributed by atoms with Gasteiger partial charge in [-0.1, -0.05) is 0 Å². The van der Waals surface area contributed by atoms with Gasteiger partial charge in [0.25, 0.3) is 5.56 Å². The lowest BCUT2D eigenvalue weighted by Crippen LogP contribution is -2.55. The Bertz CT molecular complexity index is 998. The first-order valence-electron chi connectivity index (χ1n) is 10.4. The molecule has 4 aliphatic carbocycles. The molecule has 2 aromatic heterocycles. The van der Waals surface area contributed by atoms with Gasteiger partial charge >= 0.3 is 5.69 Å². The molecule has 6 nitrogen and oxygen atoms in total. The molecule has 1 atom stereocenters. The number of fused-ring (bicyclic) bond motifs is 1. The lowest BCUT2D eigenvalue weighted by molar-refractivity contribution is -0.126. The third-order valence-electron chi connectivity index (χ3n) is 7.54. The van der Waals surface area contributed by atoms with Crippen molar-refractivity contribution in [2.75, 3.05) is 0 Å². The van der Waals surface area contributed by atoms with Crippen molar-refractivity contribution < 1.29 is 4.79 Å². The van der Waals surface area contributed by atoms with Gasteiger partial charge in [0.15, 0.2) is 0 Å². The number of rotatable bonds is 5. The fourth-order valence-electron chi connectivity index (χ4n) is 6.56. The van der Waals surface area contributed by atoms with Gasteiger partial charge < -0.3 is 10.3 Å². The van der Waals surface area contributed by atoms with Crippen LogP contribution in [-0.2, 0) is 11.3 Å². The number of hydrogen-bond donors (Lipinski definition) is 2. The minimum absolute atomic E-state index is 0.0687.